The number of hydrogen-bond acceptors (Lipinski definition) is 5. The van der Waals surface area contributed by atoms with Crippen LogP contribution in [0.2, 0.25) is 0 Å². The second-order valence-electron chi connectivity index (χ2n) is 10.2. The Bertz CT molecular complexity index is 1520. The molecule has 0 bridgehead atoms. The number of hydrogen-bond donors (Lipinski definition) is 1. The van der Waals surface area contributed by atoms with Crippen molar-refractivity contribution in [1.82, 2.24) is 29.7 Å². The second kappa shape index (κ2) is 9.85. The van der Waals surface area contributed by atoms with Gasteiger partial charge in [-0.25, -0.2) is 13.9 Å². The lowest BCUT2D eigenvalue weighted by Gasteiger charge is -2.20. The lowest BCUT2D eigenvalue weighted by molar-refractivity contribution is 0.0694. The number of rotatable bonds is 8. The Balaban J connectivity index is 1.51. The third-order valence-electron chi connectivity index (χ3n) is 6.80. The van der Waals surface area contributed by atoms with Gasteiger partial charge in [0.2, 0.25) is 0 Å². The Kier molecular flexibility index (Phi) is 6.56. The molecule has 1 saturated carbocycles. The fourth-order valence-corrected chi connectivity index (χ4v) is 5.01. The second-order valence-corrected chi connectivity index (χ2v) is 10.2. The number of carbonyl (C=O) groups excluding carboxylic acids is 1. The third kappa shape index (κ3) is 4.69. The number of carbonyl (C=O) groups is 2. The summed E-state index contributed by atoms with van der Waals surface area (Å²) in [6, 6.07) is 11.9. The Morgan fingerprint density at radius 3 is 2.61 bits per heavy atom. The Morgan fingerprint density at radius 1 is 1.16 bits per heavy atom. The van der Waals surface area contributed by atoms with Crippen molar-refractivity contribution in [2.75, 3.05) is 13.6 Å². The lowest BCUT2D eigenvalue weighted by Crippen LogP contribution is -2.31. The van der Waals surface area contributed by atoms with Gasteiger partial charge in [-0.1, -0.05) is 43.3 Å². The van der Waals surface area contributed by atoms with Crippen LogP contribution in [0.4, 0.5) is 4.39 Å². The minimum Gasteiger partial charge on any atom is -0.478 e. The van der Waals surface area contributed by atoms with Crippen LogP contribution in [0.5, 0.6) is 0 Å². The zero-order chi connectivity index (χ0) is 27.1. The molecule has 4 aromatic rings. The molecule has 1 fully saturated rings. The standard InChI is InChI=1S/C28H29FN6O3/c1-16(2)14-33(3)27(36)20-10-6-9-19(25(20)29)17-7-5-8-18(11-17)35-26(23(13-30-35)28(37)38)22-12-21(22)24-15-34(4)32-31-24/h5-11,13,15-16,21-22H,12,14H2,1-4H3,(H,37,38)/t21-,22?/m1/s1. The first-order valence-electron chi connectivity index (χ1n) is 12.5. The summed E-state index contributed by atoms with van der Waals surface area (Å²) < 4.78 is 18.9. The normalized spacial score (nSPS) is 16.6. The summed E-state index contributed by atoms with van der Waals surface area (Å²) in [4.78, 5) is 26.5. The highest BCUT2D eigenvalue weighted by Crippen LogP contribution is 2.55. The Morgan fingerprint density at radius 2 is 1.92 bits per heavy atom. The van der Waals surface area contributed by atoms with Crippen molar-refractivity contribution >= 4 is 11.9 Å². The quantitative estimate of drug-likeness (QED) is 0.370. The van der Waals surface area contributed by atoms with Crippen LogP contribution in [0.1, 0.15) is 64.2 Å². The van der Waals surface area contributed by atoms with Gasteiger partial charge in [-0.3, -0.25) is 9.48 Å². The molecule has 1 aliphatic rings. The van der Waals surface area contributed by atoms with Gasteiger partial charge in [0.15, 0.2) is 0 Å². The molecule has 196 valence electrons. The molecule has 1 unspecified atom stereocenters. The van der Waals surface area contributed by atoms with Gasteiger partial charge < -0.3 is 10.0 Å². The van der Waals surface area contributed by atoms with Crippen LogP contribution in [0.15, 0.2) is 54.9 Å². The number of carboxylic acids is 1. The predicted octanol–water partition coefficient (Wildman–Crippen LogP) is 4.50. The first-order valence-corrected chi connectivity index (χ1v) is 12.5. The van der Waals surface area contributed by atoms with Crippen molar-refractivity contribution in [3.8, 4) is 16.8 Å². The van der Waals surface area contributed by atoms with E-state index in [1.807, 2.05) is 20.0 Å². The summed E-state index contributed by atoms with van der Waals surface area (Å²) in [6.07, 6.45) is 3.91. The van der Waals surface area contributed by atoms with Gasteiger partial charge in [-0.15, -0.1) is 5.10 Å². The number of carboxylic acid groups (broad SMARTS) is 1. The van der Waals surface area contributed by atoms with Crippen LogP contribution in [-0.2, 0) is 7.05 Å². The molecule has 0 saturated heterocycles. The van der Waals surface area contributed by atoms with Crippen LogP contribution in [0.3, 0.4) is 0 Å². The maximum absolute atomic E-state index is 15.6. The molecule has 2 atom stereocenters. The number of benzene rings is 2. The van der Waals surface area contributed by atoms with E-state index < -0.39 is 11.8 Å². The lowest BCUT2D eigenvalue weighted by atomic mass is 10.0. The maximum atomic E-state index is 15.6. The molecule has 1 aliphatic carbocycles. The van der Waals surface area contributed by atoms with E-state index in [1.165, 1.54) is 17.2 Å². The molecule has 0 spiro atoms. The molecule has 5 rings (SSSR count). The highest BCUT2D eigenvalue weighted by Gasteiger charge is 2.46. The number of aromatic nitrogens is 5. The number of amides is 1. The number of aromatic carboxylic acids is 1. The minimum absolute atomic E-state index is 0.00814. The van der Waals surface area contributed by atoms with Gasteiger partial charge in [0.05, 0.1) is 28.8 Å². The summed E-state index contributed by atoms with van der Waals surface area (Å²) in [5, 5.41) is 22.4. The van der Waals surface area contributed by atoms with E-state index >= 15 is 4.39 Å². The van der Waals surface area contributed by atoms with Crippen molar-refractivity contribution in [3.05, 3.63) is 83.2 Å². The summed E-state index contributed by atoms with van der Waals surface area (Å²) in [6.45, 7) is 4.51. The van der Waals surface area contributed by atoms with E-state index in [9.17, 15) is 14.7 Å². The molecule has 2 aromatic heterocycles. The van der Waals surface area contributed by atoms with Crippen molar-refractivity contribution in [3.63, 3.8) is 0 Å². The molecule has 1 N–H and O–H groups in total. The van der Waals surface area contributed by atoms with E-state index in [-0.39, 0.29) is 40.4 Å². The average Bonchev–Trinajstić information content (AvgIpc) is 3.32. The molecule has 9 nitrogen and oxygen atoms in total. The minimum atomic E-state index is -1.06. The van der Waals surface area contributed by atoms with Gasteiger partial charge in [0.1, 0.15) is 11.4 Å². The van der Waals surface area contributed by atoms with Gasteiger partial charge in [0.25, 0.3) is 5.91 Å². The van der Waals surface area contributed by atoms with Crippen LogP contribution in [0.25, 0.3) is 16.8 Å². The molecule has 1 amide bonds. The van der Waals surface area contributed by atoms with Crippen LogP contribution >= 0.6 is 0 Å². The van der Waals surface area contributed by atoms with E-state index in [2.05, 4.69) is 15.4 Å². The van der Waals surface area contributed by atoms with Gasteiger partial charge in [-0.05, 0) is 36.1 Å². The van der Waals surface area contributed by atoms with Gasteiger partial charge in [-0.2, -0.15) is 5.10 Å². The first kappa shape index (κ1) is 25.3. The van der Waals surface area contributed by atoms with E-state index in [1.54, 1.807) is 59.9 Å². The monoisotopic (exact) mass is 516 g/mol. The average molecular weight is 517 g/mol. The number of aryl methyl sites for hydroxylation is 1. The predicted molar refractivity (Wildman–Crippen MR) is 139 cm³/mol. The van der Waals surface area contributed by atoms with Crippen LogP contribution in [-0.4, -0.2) is 60.2 Å². The van der Waals surface area contributed by atoms with Gasteiger partial charge in [0, 0.05) is 44.2 Å². The third-order valence-corrected chi connectivity index (χ3v) is 6.80. The molecule has 2 aromatic carbocycles. The summed E-state index contributed by atoms with van der Waals surface area (Å²) >= 11 is 0. The molecule has 10 heteroatoms. The van der Waals surface area contributed by atoms with E-state index in [4.69, 9.17) is 0 Å². The van der Waals surface area contributed by atoms with Crippen LogP contribution in [0, 0.1) is 11.7 Å². The highest BCUT2D eigenvalue weighted by atomic mass is 19.1. The molecular weight excluding hydrogens is 487 g/mol. The largest absolute Gasteiger partial charge is 0.478 e. The van der Waals surface area contributed by atoms with Crippen molar-refractivity contribution < 1.29 is 19.1 Å². The van der Waals surface area contributed by atoms with Crippen molar-refractivity contribution in [2.24, 2.45) is 13.0 Å². The van der Waals surface area contributed by atoms with E-state index in [0.717, 1.165) is 12.1 Å². The molecule has 0 radical (unpaired) electrons. The van der Waals surface area contributed by atoms with Gasteiger partial charge >= 0.3 is 5.97 Å². The van der Waals surface area contributed by atoms with Crippen molar-refractivity contribution in [1.29, 1.82) is 0 Å². The smallest absolute Gasteiger partial charge is 0.339 e. The SMILES string of the molecule is CC(C)CN(C)C(=O)c1cccc(-c2cccc(-n3ncc(C(=O)O)c3C3C[C@H]3c3cn(C)nn3)c2)c1F. The molecular formula is C28H29FN6O3. The zero-order valence-electron chi connectivity index (χ0n) is 21.7. The molecule has 38 heavy (non-hydrogen) atoms. The zero-order valence-corrected chi connectivity index (χ0v) is 21.7. The van der Waals surface area contributed by atoms with Crippen molar-refractivity contribution in [2.45, 2.75) is 32.1 Å². The first-order chi connectivity index (χ1) is 18.2. The Hall–Kier alpha value is -4.34. The topological polar surface area (TPSA) is 106 Å². The molecule has 2 heterocycles. The summed E-state index contributed by atoms with van der Waals surface area (Å²) in [5.41, 5.74) is 2.95. The fourth-order valence-electron chi connectivity index (χ4n) is 5.01. The number of halogens is 1. The Labute approximate surface area is 219 Å². The van der Waals surface area contributed by atoms with E-state index in [0.29, 0.717) is 23.5 Å². The fraction of sp³-hybridized carbons (Fsp3) is 0.321. The molecule has 0 aliphatic heterocycles. The maximum Gasteiger partial charge on any atom is 0.339 e. The highest BCUT2D eigenvalue weighted by molar-refractivity contribution is 5.96. The summed E-state index contributed by atoms with van der Waals surface area (Å²) in [5.74, 6) is -1.82. The summed E-state index contributed by atoms with van der Waals surface area (Å²) in [7, 11) is 3.46. The van der Waals surface area contributed by atoms with Crippen LogP contribution < -0.4 is 0 Å². The number of nitrogens with zero attached hydrogens (tertiary/aromatic N) is 6.